The molecule has 0 radical (unpaired) electrons. The van der Waals surface area contributed by atoms with Crippen LogP contribution in [0.25, 0.3) is 0 Å². The van der Waals surface area contributed by atoms with Crippen molar-refractivity contribution in [1.82, 2.24) is 9.80 Å². The van der Waals surface area contributed by atoms with Crippen molar-refractivity contribution < 1.29 is 14.7 Å². The van der Waals surface area contributed by atoms with Gasteiger partial charge in [-0.1, -0.05) is 35.0 Å². The quantitative estimate of drug-likeness (QED) is 0.894. The number of aliphatic carboxylic acids is 1. The highest BCUT2D eigenvalue weighted by molar-refractivity contribution is 9.10. The SMILES string of the molecule is CCC(C(=O)O)N(C)C(=O)N(C)Cc1cccc(Br)c1. The van der Waals surface area contributed by atoms with E-state index < -0.39 is 12.0 Å². The van der Waals surface area contributed by atoms with E-state index in [9.17, 15) is 9.59 Å². The third-order valence-electron chi connectivity index (χ3n) is 3.08. The molecule has 110 valence electrons. The molecule has 0 aliphatic carbocycles. The molecule has 1 rings (SSSR count). The Balaban J connectivity index is 2.73. The number of amides is 2. The molecule has 0 saturated heterocycles. The topological polar surface area (TPSA) is 60.9 Å². The minimum absolute atomic E-state index is 0.306. The number of rotatable bonds is 5. The molecule has 0 fully saturated rings. The van der Waals surface area contributed by atoms with E-state index in [1.165, 1.54) is 16.8 Å². The zero-order chi connectivity index (χ0) is 15.3. The van der Waals surface area contributed by atoms with Gasteiger partial charge in [-0.05, 0) is 24.1 Å². The molecule has 1 aromatic rings. The van der Waals surface area contributed by atoms with E-state index in [1.807, 2.05) is 24.3 Å². The fraction of sp³-hybridized carbons (Fsp3) is 0.429. The van der Waals surface area contributed by atoms with Crippen LogP contribution in [0.1, 0.15) is 18.9 Å². The van der Waals surface area contributed by atoms with Crippen molar-refractivity contribution in [2.75, 3.05) is 14.1 Å². The van der Waals surface area contributed by atoms with Gasteiger partial charge in [-0.3, -0.25) is 0 Å². The van der Waals surface area contributed by atoms with E-state index in [0.717, 1.165) is 10.0 Å². The Morgan fingerprint density at radius 2 is 2.00 bits per heavy atom. The van der Waals surface area contributed by atoms with Gasteiger partial charge in [0.1, 0.15) is 6.04 Å². The first-order chi connectivity index (χ1) is 9.36. The van der Waals surface area contributed by atoms with Crippen LogP contribution >= 0.6 is 15.9 Å². The number of benzene rings is 1. The minimum Gasteiger partial charge on any atom is -0.480 e. The summed E-state index contributed by atoms with van der Waals surface area (Å²) in [7, 11) is 3.18. The Morgan fingerprint density at radius 1 is 1.35 bits per heavy atom. The summed E-state index contributed by atoms with van der Waals surface area (Å²) in [6.45, 7) is 2.18. The van der Waals surface area contributed by atoms with Crippen LogP contribution in [0.3, 0.4) is 0 Å². The molecule has 0 saturated carbocycles. The molecule has 0 aliphatic heterocycles. The lowest BCUT2D eigenvalue weighted by molar-refractivity contribution is -0.142. The van der Waals surface area contributed by atoms with Crippen LogP contribution in [0.2, 0.25) is 0 Å². The van der Waals surface area contributed by atoms with Crippen molar-refractivity contribution in [2.24, 2.45) is 0 Å². The normalized spacial score (nSPS) is 11.8. The average Bonchev–Trinajstić information content (AvgIpc) is 2.38. The van der Waals surface area contributed by atoms with Crippen molar-refractivity contribution in [2.45, 2.75) is 25.9 Å². The first-order valence-corrected chi connectivity index (χ1v) is 7.11. The Kier molecular flexibility index (Phi) is 6.01. The Labute approximate surface area is 127 Å². The van der Waals surface area contributed by atoms with Gasteiger partial charge in [-0.2, -0.15) is 0 Å². The highest BCUT2D eigenvalue weighted by Crippen LogP contribution is 2.14. The molecule has 0 heterocycles. The second kappa shape index (κ2) is 7.28. The summed E-state index contributed by atoms with van der Waals surface area (Å²) < 4.78 is 0.946. The van der Waals surface area contributed by atoms with Crippen LogP contribution in [0.5, 0.6) is 0 Å². The van der Waals surface area contributed by atoms with Gasteiger partial charge < -0.3 is 14.9 Å². The number of halogens is 1. The summed E-state index contributed by atoms with van der Waals surface area (Å²) in [6.07, 6.45) is 0.377. The van der Waals surface area contributed by atoms with Crippen LogP contribution in [-0.2, 0) is 11.3 Å². The molecule has 2 amide bonds. The third kappa shape index (κ3) is 4.23. The zero-order valence-corrected chi connectivity index (χ0v) is 13.4. The third-order valence-corrected chi connectivity index (χ3v) is 3.57. The minimum atomic E-state index is -0.987. The van der Waals surface area contributed by atoms with Crippen LogP contribution < -0.4 is 0 Å². The van der Waals surface area contributed by atoms with E-state index in [1.54, 1.807) is 14.0 Å². The standard InChI is InChI=1S/C14H19BrN2O3/c1-4-12(13(18)19)17(3)14(20)16(2)9-10-6-5-7-11(15)8-10/h5-8,12H,4,9H2,1-3H3,(H,18,19). The number of carboxylic acid groups (broad SMARTS) is 1. The Hall–Kier alpha value is -1.56. The number of carboxylic acids is 1. The molecular weight excluding hydrogens is 324 g/mol. The first kappa shape index (κ1) is 16.5. The van der Waals surface area contributed by atoms with Gasteiger partial charge in [0.2, 0.25) is 0 Å². The van der Waals surface area contributed by atoms with Crippen molar-refractivity contribution >= 4 is 27.9 Å². The smallest absolute Gasteiger partial charge is 0.326 e. The molecule has 1 atom stereocenters. The van der Waals surface area contributed by atoms with Crippen molar-refractivity contribution in [3.63, 3.8) is 0 Å². The van der Waals surface area contributed by atoms with Gasteiger partial charge in [0.05, 0.1) is 0 Å². The Bertz CT molecular complexity index is 493. The van der Waals surface area contributed by atoms with Gasteiger partial charge in [-0.15, -0.1) is 0 Å². The molecule has 0 spiro atoms. The predicted octanol–water partition coefficient (Wildman–Crippen LogP) is 2.80. The summed E-state index contributed by atoms with van der Waals surface area (Å²) in [5.74, 6) is -0.987. The highest BCUT2D eigenvalue weighted by atomic mass is 79.9. The van der Waals surface area contributed by atoms with Crippen molar-refractivity contribution in [3.8, 4) is 0 Å². The van der Waals surface area contributed by atoms with Crippen LogP contribution in [0.15, 0.2) is 28.7 Å². The van der Waals surface area contributed by atoms with Gasteiger partial charge in [-0.25, -0.2) is 9.59 Å². The summed E-state index contributed by atoms with van der Waals surface area (Å²) in [5, 5.41) is 9.08. The summed E-state index contributed by atoms with van der Waals surface area (Å²) in [6, 6.07) is 6.55. The van der Waals surface area contributed by atoms with E-state index in [0.29, 0.717) is 13.0 Å². The number of urea groups is 1. The van der Waals surface area contributed by atoms with Crippen LogP contribution in [-0.4, -0.2) is 47.0 Å². The van der Waals surface area contributed by atoms with Gasteiger partial charge in [0.15, 0.2) is 0 Å². The molecule has 6 heteroatoms. The largest absolute Gasteiger partial charge is 0.480 e. The van der Waals surface area contributed by atoms with Crippen LogP contribution in [0, 0.1) is 0 Å². The molecule has 1 aromatic carbocycles. The number of hydrogen-bond donors (Lipinski definition) is 1. The van der Waals surface area contributed by atoms with E-state index in [4.69, 9.17) is 5.11 Å². The fourth-order valence-electron chi connectivity index (χ4n) is 1.99. The Morgan fingerprint density at radius 3 is 2.50 bits per heavy atom. The van der Waals surface area contributed by atoms with Gasteiger partial charge in [0, 0.05) is 25.1 Å². The van der Waals surface area contributed by atoms with E-state index >= 15 is 0 Å². The van der Waals surface area contributed by atoms with Crippen LogP contribution in [0.4, 0.5) is 4.79 Å². The number of likely N-dealkylation sites (N-methyl/N-ethyl adjacent to an activating group) is 1. The molecule has 20 heavy (non-hydrogen) atoms. The second-order valence-corrected chi connectivity index (χ2v) is 5.56. The summed E-state index contributed by atoms with van der Waals surface area (Å²) in [5.41, 5.74) is 0.979. The lowest BCUT2D eigenvalue weighted by atomic mass is 10.2. The maximum Gasteiger partial charge on any atom is 0.326 e. The highest BCUT2D eigenvalue weighted by Gasteiger charge is 2.26. The maximum absolute atomic E-state index is 12.2. The van der Waals surface area contributed by atoms with Crippen molar-refractivity contribution in [3.05, 3.63) is 34.3 Å². The lowest BCUT2D eigenvalue weighted by Crippen LogP contribution is -2.47. The first-order valence-electron chi connectivity index (χ1n) is 6.32. The fourth-order valence-corrected chi connectivity index (χ4v) is 2.44. The average molecular weight is 343 g/mol. The van der Waals surface area contributed by atoms with Gasteiger partial charge >= 0.3 is 12.0 Å². The number of hydrogen-bond acceptors (Lipinski definition) is 2. The van der Waals surface area contributed by atoms with E-state index in [-0.39, 0.29) is 6.03 Å². The second-order valence-electron chi connectivity index (χ2n) is 4.64. The number of carbonyl (C=O) groups is 2. The summed E-state index contributed by atoms with van der Waals surface area (Å²) >= 11 is 3.38. The van der Waals surface area contributed by atoms with Crippen molar-refractivity contribution in [1.29, 1.82) is 0 Å². The number of carbonyl (C=O) groups excluding carboxylic acids is 1. The lowest BCUT2D eigenvalue weighted by Gasteiger charge is -2.29. The predicted molar refractivity (Wildman–Crippen MR) is 80.5 cm³/mol. The monoisotopic (exact) mass is 342 g/mol. The molecule has 1 unspecified atom stereocenters. The maximum atomic E-state index is 12.2. The molecular formula is C14H19BrN2O3. The van der Waals surface area contributed by atoms with Gasteiger partial charge in [0.25, 0.3) is 0 Å². The zero-order valence-electron chi connectivity index (χ0n) is 11.8. The summed E-state index contributed by atoms with van der Waals surface area (Å²) in [4.78, 5) is 26.1. The molecule has 0 aromatic heterocycles. The molecule has 0 aliphatic rings. The molecule has 0 bridgehead atoms. The number of nitrogens with zero attached hydrogens (tertiary/aromatic N) is 2. The molecule has 1 N–H and O–H groups in total. The molecule has 5 nitrogen and oxygen atoms in total. The van der Waals surface area contributed by atoms with E-state index in [2.05, 4.69) is 15.9 Å².